The van der Waals surface area contributed by atoms with Crippen molar-refractivity contribution >= 4 is 29.4 Å². The van der Waals surface area contributed by atoms with E-state index in [0.717, 1.165) is 12.8 Å². The van der Waals surface area contributed by atoms with Gasteiger partial charge < -0.3 is 15.0 Å². The van der Waals surface area contributed by atoms with Crippen molar-refractivity contribution in [2.75, 3.05) is 19.7 Å². The Morgan fingerprint density at radius 3 is 2.38 bits per heavy atom. The lowest BCUT2D eigenvalue weighted by Gasteiger charge is -2.31. The molecule has 2 amide bonds. The number of halogens is 1. The number of benzene rings is 1. The van der Waals surface area contributed by atoms with E-state index in [4.69, 9.17) is 16.3 Å². The van der Waals surface area contributed by atoms with Crippen LogP contribution in [0.25, 0.3) is 0 Å². The number of amides is 2. The minimum absolute atomic E-state index is 0.0915. The normalized spacial score (nSPS) is 18.7. The van der Waals surface area contributed by atoms with E-state index in [0.29, 0.717) is 49.4 Å². The van der Waals surface area contributed by atoms with Gasteiger partial charge in [-0.25, -0.2) is 0 Å². The third-order valence-corrected chi connectivity index (χ3v) is 5.85. The summed E-state index contributed by atoms with van der Waals surface area (Å²) in [6.07, 6.45) is 4.04. The number of piperidine rings is 1. The molecule has 0 unspecified atom stereocenters. The molecule has 1 saturated heterocycles. The fraction of sp³-hybridized carbons (Fsp3) is 0.524. The van der Waals surface area contributed by atoms with Crippen LogP contribution >= 0.6 is 11.6 Å². The molecular weight excluding hydrogens is 394 g/mol. The van der Waals surface area contributed by atoms with E-state index < -0.39 is 17.4 Å². The van der Waals surface area contributed by atoms with Crippen molar-refractivity contribution in [1.29, 1.82) is 5.26 Å². The summed E-state index contributed by atoms with van der Waals surface area (Å²) >= 11 is 5.85. The minimum Gasteiger partial charge on any atom is -0.455 e. The van der Waals surface area contributed by atoms with Crippen molar-refractivity contribution in [1.82, 2.24) is 10.2 Å². The number of esters is 1. The van der Waals surface area contributed by atoms with E-state index in [1.807, 2.05) is 0 Å². The smallest absolute Gasteiger partial charge is 0.309 e. The molecular formula is C21H24ClN3O4. The zero-order valence-electron chi connectivity index (χ0n) is 16.2. The molecule has 0 radical (unpaired) electrons. The van der Waals surface area contributed by atoms with Crippen molar-refractivity contribution < 1.29 is 19.1 Å². The zero-order chi connectivity index (χ0) is 20.9. The molecule has 154 valence electrons. The molecule has 29 heavy (non-hydrogen) atoms. The molecule has 1 saturated carbocycles. The van der Waals surface area contributed by atoms with Crippen LogP contribution in [0.1, 0.15) is 48.9 Å². The highest BCUT2D eigenvalue weighted by Gasteiger charge is 2.36. The fourth-order valence-electron chi connectivity index (χ4n) is 3.89. The van der Waals surface area contributed by atoms with Crippen LogP contribution in [0, 0.1) is 17.2 Å². The Bertz CT molecular complexity index is 804. The van der Waals surface area contributed by atoms with Crippen LogP contribution in [0.15, 0.2) is 24.3 Å². The molecule has 1 heterocycles. The average molecular weight is 418 g/mol. The van der Waals surface area contributed by atoms with Gasteiger partial charge in [-0.15, -0.1) is 0 Å². The Labute approximate surface area is 174 Å². The van der Waals surface area contributed by atoms with E-state index in [9.17, 15) is 19.6 Å². The second-order valence-corrected chi connectivity index (χ2v) is 8.07. The molecule has 2 fully saturated rings. The number of nitrogens with one attached hydrogen (secondary N) is 1. The number of ether oxygens (including phenoxy) is 1. The first-order valence-corrected chi connectivity index (χ1v) is 10.2. The number of hydrogen-bond donors (Lipinski definition) is 1. The first-order valence-electron chi connectivity index (χ1n) is 9.86. The Morgan fingerprint density at radius 1 is 1.17 bits per heavy atom. The molecule has 1 aliphatic carbocycles. The van der Waals surface area contributed by atoms with Gasteiger partial charge in [-0.05, 0) is 62.8 Å². The summed E-state index contributed by atoms with van der Waals surface area (Å²) < 4.78 is 5.16. The molecule has 1 N–H and O–H groups in total. The van der Waals surface area contributed by atoms with Crippen molar-refractivity contribution in [3.05, 3.63) is 34.9 Å². The van der Waals surface area contributed by atoms with Gasteiger partial charge in [-0.3, -0.25) is 14.4 Å². The predicted molar refractivity (Wildman–Crippen MR) is 106 cm³/mol. The summed E-state index contributed by atoms with van der Waals surface area (Å²) in [7, 11) is 0. The second-order valence-electron chi connectivity index (χ2n) is 7.63. The molecule has 0 bridgehead atoms. The van der Waals surface area contributed by atoms with E-state index in [1.54, 1.807) is 29.2 Å². The first kappa shape index (κ1) is 21.1. The van der Waals surface area contributed by atoms with Gasteiger partial charge in [0.15, 0.2) is 6.61 Å². The Kier molecular flexibility index (Phi) is 6.75. The maximum atomic E-state index is 12.5. The van der Waals surface area contributed by atoms with Crippen molar-refractivity contribution in [2.45, 2.75) is 44.1 Å². The Hall–Kier alpha value is -2.59. The summed E-state index contributed by atoms with van der Waals surface area (Å²) in [4.78, 5) is 38.6. The quantitative estimate of drug-likeness (QED) is 0.742. The van der Waals surface area contributed by atoms with Crippen molar-refractivity contribution in [2.24, 2.45) is 5.92 Å². The first-order chi connectivity index (χ1) is 13.9. The Balaban J connectivity index is 1.43. The number of carbonyl (C=O) groups excluding carboxylic acids is 3. The van der Waals surface area contributed by atoms with E-state index in [2.05, 4.69) is 11.4 Å². The van der Waals surface area contributed by atoms with Gasteiger partial charge in [0.25, 0.3) is 11.8 Å². The molecule has 3 rings (SSSR count). The van der Waals surface area contributed by atoms with Gasteiger partial charge in [-0.2, -0.15) is 5.26 Å². The molecule has 8 heteroatoms. The monoisotopic (exact) mass is 417 g/mol. The van der Waals surface area contributed by atoms with Crippen LogP contribution < -0.4 is 5.32 Å². The number of hydrogen-bond acceptors (Lipinski definition) is 5. The third kappa shape index (κ3) is 5.27. The highest BCUT2D eigenvalue weighted by molar-refractivity contribution is 6.30. The van der Waals surface area contributed by atoms with Gasteiger partial charge in [0.05, 0.1) is 12.0 Å². The summed E-state index contributed by atoms with van der Waals surface area (Å²) in [5.74, 6) is -1.31. The van der Waals surface area contributed by atoms with Crippen LogP contribution in [-0.4, -0.2) is 47.9 Å². The topological polar surface area (TPSA) is 99.5 Å². The molecule has 1 aromatic rings. The lowest BCUT2D eigenvalue weighted by atomic mass is 9.96. The van der Waals surface area contributed by atoms with Gasteiger partial charge in [0.2, 0.25) is 0 Å². The summed E-state index contributed by atoms with van der Waals surface area (Å²) in [5.41, 5.74) is -0.262. The summed E-state index contributed by atoms with van der Waals surface area (Å²) in [6.45, 7) is 0.516. The number of nitriles is 1. The number of nitrogens with zero attached hydrogens (tertiary/aromatic N) is 2. The van der Waals surface area contributed by atoms with Crippen LogP contribution in [-0.2, 0) is 14.3 Å². The molecule has 1 aliphatic heterocycles. The largest absolute Gasteiger partial charge is 0.455 e. The highest BCUT2D eigenvalue weighted by Crippen LogP contribution is 2.28. The molecule has 7 nitrogen and oxygen atoms in total. The van der Waals surface area contributed by atoms with Crippen molar-refractivity contribution in [3.8, 4) is 6.07 Å². The van der Waals surface area contributed by atoms with Crippen LogP contribution in [0.4, 0.5) is 0 Å². The number of carbonyl (C=O) groups is 3. The molecule has 0 spiro atoms. The van der Waals surface area contributed by atoms with Crippen LogP contribution in [0.5, 0.6) is 0 Å². The summed E-state index contributed by atoms with van der Waals surface area (Å²) in [6, 6.07) is 8.88. The van der Waals surface area contributed by atoms with Gasteiger partial charge in [0, 0.05) is 23.7 Å². The Morgan fingerprint density at radius 2 is 1.79 bits per heavy atom. The molecule has 2 aliphatic rings. The van der Waals surface area contributed by atoms with E-state index in [1.165, 1.54) is 0 Å². The zero-order valence-corrected chi connectivity index (χ0v) is 16.9. The molecule has 0 aromatic heterocycles. The molecule has 0 atom stereocenters. The van der Waals surface area contributed by atoms with Crippen LogP contribution in [0.2, 0.25) is 5.02 Å². The lowest BCUT2D eigenvalue weighted by Crippen LogP contribution is -2.47. The van der Waals surface area contributed by atoms with Gasteiger partial charge in [0.1, 0.15) is 5.54 Å². The van der Waals surface area contributed by atoms with Gasteiger partial charge >= 0.3 is 5.97 Å². The third-order valence-electron chi connectivity index (χ3n) is 5.60. The standard InChI is InChI=1S/C21H24ClN3O4/c22-17-5-3-15(4-6-17)19(27)25-11-7-16(8-12-25)20(28)29-13-18(26)24-21(14-23)9-1-2-10-21/h3-6,16H,1-2,7-13H2,(H,24,26). The minimum atomic E-state index is -0.823. The molecule has 1 aromatic carbocycles. The highest BCUT2D eigenvalue weighted by atomic mass is 35.5. The van der Waals surface area contributed by atoms with Gasteiger partial charge in [-0.1, -0.05) is 11.6 Å². The fourth-order valence-corrected chi connectivity index (χ4v) is 4.02. The van der Waals surface area contributed by atoms with Crippen LogP contribution in [0.3, 0.4) is 0 Å². The summed E-state index contributed by atoms with van der Waals surface area (Å²) in [5, 5.41) is 12.6. The number of likely N-dealkylation sites (tertiary alicyclic amines) is 1. The second kappa shape index (κ2) is 9.27. The van der Waals surface area contributed by atoms with E-state index in [-0.39, 0.29) is 18.4 Å². The predicted octanol–water partition coefficient (Wildman–Crippen LogP) is 2.69. The lowest BCUT2D eigenvalue weighted by molar-refractivity contribution is -0.154. The van der Waals surface area contributed by atoms with Crippen molar-refractivity contribution in [3.63, 3.8) is 0 Å². The average Bonchev–Trinajstić information content (AvgIpc) is 3.21. The SMILES string of the molecule is N#CC1(NC(=O)COC(=O)C2CCN(C(=O)c3ccc(Cl)cc3)CC2)CCCC1. The van der Waals surface area contributed by atoms with E-state index >= 15 is 0 Å². The maximum absolute atomic E-state index is 12.5. The maximum Gasteiger partial charge on any atom is 0.309 e. The number of rotatable bonds is 5.